The lowest BCUT2D eigenvalue weighted by molar-refractivity contribution is 0.687. The monoisotopic (exact) mass is 194 g/mol. The molecule has 14 heavy (non-hydrogen) atoms. The molecule has 78 valence electrons. The Kier molecular flexibility index (Phi) is 4.19. The van der Waals surface area contributed by atoms with E-state index >= 15 is 0 Å². The van der Waals surface area contributed by atoms with Gasteiger partial charge in [0.1, 0.15) is 11.6 Å². The topological polar surface area (TPSA) is 63.0 Å². The van der Waals surface area contributed by atoms with Gasteiger partial charge in [-0.3, -0.25) is 0 Å². The summed E-state index contributed by atoms with van der Waals surface area (Å²) in [5.74, 6) is 6.81. The molecule has 0 aliphatic rings. The standard InChI is InChI=1S/C10H18N4/c1-3-5-8(2)12-9-6-4-7-10(13-9)14-11/h4,6-8H,3,5,11H2,1-2H3,(H2,12,13,14). The van der Waals surface area contributed by atoms with Crippen LogP contribution in [0.25, 0.3) is 0 Å². The van der Waals surface area contributed by atoms with Crippen LogP contribution in [0.3, 0.4) is 0 Å². The Morgan fingerprint density at radius 2 is 2.14 bits per heavy atom. The highest BCUT2D eigenvalue weighted by molar-refractivity contribution is 5.44. The summed E-state index contributed by atoms with van der Waals surface area (Å²) in [6, 6.07) is 6.13. The van der Waals surface area contributed by atoms with Crippen LogP contribution in [0.5, 0.6) is 0 Å². The summed E-state index contributed by atoms with van der Waals surface area (Å²) in [6.45, 7) is 4.32. The van der Waals surface area contributed by atoms with Crippen LogP contribution in [0, 0.1) is 0 Å². The fourth-order valence-electron chi connectivity index (χ4n) is 1.35. The van der Waals surface area contributed by atoms with E-state index in [2.05, 4.69) is 29.6 Å². The first kappa shape index (κ1) is 10.8. The SMILES string of the molecule is CCCC(C)Nc1cccc(NN)n1. The van der Waals surface area contributed by atoms with Gasteiger partial charge >= 0.3 is 0 Å². The van der Waals surface area contributed by atoms with Crippen molar-refractivity contribution in [3.63, 3.8) is 0 Å². The van der Waals surface area contributed by atoms with E-state index in [4.69, 9.17) is 5.84 Å². The third kappa shape index (κ3) is 3.22. The van der Waals surface area contributed by atoms with Crippen molar-refractivity contribution >= 4 is 11.6 Å². The molecule has 1 heterocycles. The molecule has 1 aromatic rings. The molecule has 1 rings (SSSR count). The summed E-state index contributed by atoms with van der Waals surface area (Å²) in [4.78, 5) is 4.27. The van der Waals surface area contributed by atoms with E-state index in [0.717, 1.165) is 12.2 Å². The Balaban J connectivity index is 2.57. The Labute approximate surface area is 84.9 Å². The highest BCUT2D eigenvalue weighted by Gasteiger charge is 2.01. The molecule has 4 nitrogen and oxygen atoms in total. The van der Waals surface area contributed by atoms with Gasteiger partial charge in [0, 0.05) is 6.04 Å². The van der Waals surface area contributed by atoms with Crippen molar-refractivity contribution in [1.29, 1.82) is 0 Å². The van der Waals surface area contributed by atoms with Gasteiger partial charge in [-0.1, -0.05) is 19.4 Å². The fraction of sp³-hybridized carbons (Fsp3) is 0.500. The van der Waals surface area contributed by atoms with E-state index in [0.29, 0.717) is 11.9 Å². The van der Waals surface area contributed by atoms with Crippen LogP contribution in [0.4, 0.5) is 11.6 Å². The number of pyridine rings is 1. The Hall–Kier alpha value is -1.29. The number of nitrogens with zero attached hydrogens (tertiary/aromatic N) is 1. The zero-order valence-corrected chi connectivity index (χ0v) is 8.75. The van der Waals surface area contributed by atoms with Crippen LogP contribution >= 0.6 is 0 Å². The molecule has 4 heteroatoms. The maximum Gasteiger partial charge on any atom is 0.142 e. The molecule has 0 saturated carbocycles. The Morgan fingerprint density at radius 1 is 1.43 bits per heavy atom. The smallest absolute Gasteiger partial charge is 0.142 e. The van der Waals surface area contributed by atoms with Gasteiger partial charge in [-0.2, -0.15) is 0 Å². The molecule has 0 aromatic carbocycles. The predicted octanol–water partition coefficient (Wildman–Crippen LogP) is 1.97. The molecule has 0 fully saturated rings. The average molecular weight is 194 g/mol. The maximum absolute atomic E-state index is 5.27. The van der Waals surface area contributed by atoms with E-state index in [1.54, 1.807) is 0 Å². The number of hydrogen-bond acceptors (Lipinski definition) is 4. The average Bonchev–Trinajstić information content (AvgIpc) is 2.18. The molecule has 0 amide bonds. The van der Waals surface area contributed by atoms with Gasteiger partial charge in [0.05, 0.1) is 0 Å². The number of anilines is 2. The molecule has 0 radical (unpaired) electrons. The molecule has 4 N–H and O–H groups in total. The molecular weight excluding hydrogens is 176 g/mol. The van der Waals surface area contributed by atoms with Gasteiger partial charge in [0.25, 0.3) is 0 Å². The molecule has 0 spiro atoms. The largest absolute Gasteiger partial charge is 0.368 e. The second-order valence-electron chi connectivity index (χ2n) is 3.39. The van der Waals surface area contributed by atoms with Gasteiger partial charge < -0.3 is 10.7 Å². The van der Waals surface area contributed by atoms with Crippen molar-refractivity contribution in [2.24, 2.45) is 5.84 Å². The van der Waals surface area contributed by atoms with Gasteiger partial charge in [0.15, 0.2) is 0 Å². The molecular formula is C10H18N4. The third-order valence-electron chi connectivity index (χ3n) is 2.01. The summed E-state index contributed by atoms with van der Waals surface area (Å²) in [5.41, 5.74) is 2.52. The van der Waals surface area contributed by atoms with Gasteiger partial charge in [-0.15, -0.1) is 0 Å². The lowest BCUT2D eigenvalue weighted by Gasteiger charge is -2.13. The quantitative estimate of drug-likeness (QED) is 0.495. The minimum Gasteiger partial charge on any atom is -0.368 e. The second kappa shape index (κ2) is 5.44. The van der Waals surface area contributed by atoms with Crippen LogP contribution < -0.4 is 16.6 Å². The normalized spacial score (nSPS) is 12.2. The number of nitrogens with one attached hydrogen (secondary N) is 2. The summed E-state index contributed by atoms with van der Waals surface area (Å²) in [6.07, 6.45) is 2.31. The van der Waals surface area contributed by atoms with Crippen molar-refractivity contribution in [3.8, 4) is 0 Å². The summed E-state index contributed by atoms with van der Waals surface area (Å²) in [7, 11) is 0. The fourth-order valence-corrected chi connectivity index (χ4v) is 1.35. The molecule has 0 aliphatic carbocycles. The lowest BCUT2D eigenvalue weighted by atomic mass is 10.2. The first-order chi connectivity index (χ1) is 6.76. The summed E-state index contributed by atoms with van der Waals surface area (Å²) >= 11 is 0. The molecule has 0 saturated heterocycles. The van der Waals surface area contributed by atoms with Crippen molar-refractivity contribution in [2.75, 3.05) is 10.7 Å². The molecule has 0 aliphatic heterocycles. The second-order valence-corrected chi connectivity index (χ2v) is 3.39. The molecule has 1 unspecified atom stereocenters. The van der Waals surface area contributed by atoms with E-state index in [1.165, 1.54) is 6.42 Å². The summed E-state index contributed by atoms with van der Waals surface area (Å²) < 4.78 is 0. The van der Waals surface area contributed by atoms with E-state index in [1.807, 2.05) is 18.2 Å². The minimum atomic E-state index is 0.445. The predicted molar refractivity (Wildman–Crippen MR) is 60.0 cm³/mol. The number of hydrazine groups is 1. The summed E-state index contributed by atoms with van der Waals surface area (Å²) in [5, 5.41) is 3.31. The number of hydrogen-bond donors (Lipinski definition) is 3. The zero-order chi connectivity index (χ0) is 10.4. The first-order valence-electron chi connectivity index (χ1n) is 4.96. The highest BCUT2D eigenvalue weighted by Crippen LogP contribution is 2.10. The van der Waals surface area contributed by atoms with E-state index in [9.17, 15) is 0 Å². The van der Waals surface area contributed by atoms with Gasteiger partial charge in [-0.25, -0.2) is 10.8 Å². The van der Waals surface area contributed by atoms with Crippen molar-refractivity contribution in [2.45, 2.75) is 32.7 Å². The Morgan fingerprint density at radius 3 is 2.79 bits per heavy atom. The van der Waals surface area contributed by atoms with Crippen molar-refractivity contribution < 1.29 is 0 Å². The number of nitrogen functional groups attached to an aromatic ring is 1. The van der Waals surface area contributed by atoms with E-state index in [-0.39, 0.29) is 0 Å². The maximum atomic E-state index is 5.27. The third-order valence-corrected chi connectivity index (χ3v) is 2.01. The molecule has 1 aromatic heterocycles. The Bertz CT molecular complexity index is 275. The van der Waals surface area contributed by atoms with Crippen LogP contribution in [0.1, 0.15) is 26.7 Å². The zero-order valence-electron chi connectivity index (χ0n) is 8.75. The number of nitrogens with two attached hydrogens (primary N) is 1. The number of rotatable bonds is 5. The van der Waals surface area contributed by atoms with Gasteiger partial charge in [0.2, 0.25) is 0 Å². The van der Waals surface area contributed by atoms with Crippen LogP contribution in [-0.4, -0.2) is 11.0 Å². The van der Waals surface area contributed by atoms with Crippen LogP contribution in [0.15, 0.2) is 18.2 Å². The molecule has 0 bridgehead atoms. The molecule has 1 atom stereocenters. The van der Waals surface area contributed by atoms with Crippen molar-refractivity contribution in [3.05, 3.63) is 18.2 Å². The first-order valence-corrected chi connectivity index (χ1v) is 4.96. The van der Waals surface area contributed by atoms with Crippen LogP contribution in [-0.2, 0) is 0 Å². The van der Waals surface area contributed by atoms with E-state index < -0.39 is 0 Å². The van der Waals surface area contributed by atoms with Crippen molar-refractivity contribution in [1.82, 2.24) is 4.98 Å². The number of aromatic nitrogens is 1. The lowest BCUT2D eigenvalue weighted by Crippen LogP contribution is -2.16. The highest BCUT2D eigenvalue weighted by atomic mass is 15.3. The minimum absolute atomic E-state index is 0.445. The van der Waals surface area contributed by atoms with Gasteiger partial charge in [-0.05, 0) is 25.5 Å². The van der Waals surface area contributed by atoms with Crippen LogP contribution in [0.2, 0.25) is 0 Å².